The zero-order valence-corrected chi connectivity index (χ0v) is 15.9. The van der Waals surface area contributed by atoms with Crippen LogP contribution in [0.4, 0.5) is 5.69 Å². The minimum atomic E-state index is -3.14. The predicted octanol–water partition coefficient (Wildman–Crippen LogP) is 2.57. The van der Waals surface area contributed by atoms with Crippen LogP contribution in [0.1, 0.15) is 17.5 Å². The van der Waals surface area contributed by atoms with E-state index in [0.29, 0.717) is 26.1 Å². The highest BCUT2D eigenvalue weighted by molar-refractivity contribution is 7.93. The number of nitrogens with zero attached hydrogens (tertiary/aromatic N) is 1. The van der Waals surface area contributed by atoms with Crippen LogP contribution in [-0.2, 0) is 27.7 Å². The lowest BCUT2D eigenvalue weighted by atomic mass is 10.1. The first-order valence-electron chi connectivity index (χ1n) is 8.94. The molecule has 0 aliphatic carbocycles. The summed E-state index contributed by atoms with van der Waals surface area (Å²) < 4.78 is 31.1. The van der Waals surface area contributed by atoms with E-state index >= 15 is 0 Å². The van der Waals surface area contributed by atoms with Crippen molar-refractivity contribution >= 4 is 15.7 Å². The van der Waals surface area contributed by atoms with E-state index in [9.17, 15) is 8.42 Å². The molecule has 0 aromatic heterocycles. The number of hydrogen-bond acceptors (Lipinski definition) is 4. The Balaban J connectivity index is 1.65. The van der Waals surface area contributed by atoms with E-state index in [4.69, 9.17) is 4.74 Å². The number of methoxy groups -OCH3 is 1. The Bertz CT molecular complexity index is 809. The van der Waals surface area contributed by atoms with Crippen LogP contribution in [0, 0.1) is 0 Å². The minimum Gasteiger partial charge on any atom is -0.383 e. The molecule has 0 saturated carbocycles. The maximum atomic E-state index is 12.1. The third-order valence-electron chi connectivity index (χ3n) is 4.59. The summed E-state index contributed by atoms with van der Waals surface area (Å²) in [6.07, 6.45) is 1.58. The van der Waals surface area contributed by atoms with Crippen molar-refractivity contribution in [2.75, 3.05) is 30.3 Å². The summed E-state index contributed by atoms with van der Waals surface area (Å²) in [6.45, 7) is 1.86. The van der Waals surface area contributed by atoms with Crippen LogP contribution >= 0.6 is 0 Å². The van der Waals surface area contributed by atoms with Gasteiger partial charge in [0.25, 0.3) is 0 Å². The first-order valence-corrected chi connectivity index (χ1v) is 10.5. The predicted molar refractivity (Wildman–Crippen MR) is 105 cm³/mol. The van der Waals surface area contributed by atoms with Crippen LogP contribution in [-0.4, -0.2) is 40.5 Å². The summed E-state index contributed by atoms with van der Waals surface area (Å²) in [7, 11) is -1.44. The Hall–Kier alpha value is -1.89. The normalized spacial score (nSPS) is 17.3. The molecule has 5 nitrogen and oxygen atoms in total. The third kappa shape index (κ3) is 4.84. The fraction of sp³-hybridized carbons (Fsp3) is 0.400. The molecule has 0 amide bonds. The number of anilines is 1. The van der Waals surface area contributed by atoms with Crippen molar-refractivity contribution < 1.29 is 13.2 Å². The van der Waals surface area contributed by atoms with Gasteiger partial charge < -0.3 is 10.1 Å². The van der Waals surface area contributed by atoms with Crippen molar-refractivity contribution in [2.24, 2.45) is 0 Å². The van der Waals surface area contributed by atoms with E-state index in [1.807, 2.05) is 42.5 Å². The molecule has 2 aromatic rings. The summed E-state index contributed by atoms with van der Waals surface area (Å²) in [6, 6.07) is 18.3. The molecule has 1 aliphatic heterocycles. The van der Waals surface area contributed by atoms with E-state index < -0.39 is 10.0 Å². The number of nitrogens with one attached hydrogen (secondary N) is 1. The van der Waals surface area contributed by atoms with Crippen LogP contribution in [0.5, 0.6) is 0 Å². The number of hydrogen-bond donors (Lipinski definition) is 1. The van der Waals surface area contributed by atoms with Crippen LogP contribution in [0.2, 0.25) is 0 Å². The van der Waals surface area contributed by atoms with Gasteiger partial charge in [-0.05, 0) is 36.1 Å². The zero-order valence-electron chi connectivity index (χ0n) is 15.1. The van der Waals surface area contributed by atoms with Crippen LogP contribution in [0.15, 0.2) is 54.6 Å². The van der Waals surface area contributed by atoms with Gasteiger partial charge in [-0.3, -0.25) is 4.31 Å². The Morgan fingerprint density at radius 3 is 2.58 bits per heavy atom. The second-order valence-corrected chi connectivity index (χ2v) is 8.65. The number of rotatable bonds is 8. The molecular weight excluding hydrogens is 348 g/mol. The second kappa shape index (κ2) is 8.66. The van der Waals surface area contributed by atoms with Gasteiger partial charge in [0.1, 0.15) is 0 Å². The van der Waals surface area contributed by atoms with E-state index in [0.717, 1.165) is 17.7 Å². The molecule has 6 heteroatoms. The Labute approximate surface area is 156 Å². The van der Waals surface area contributed by atoms with Gasteiger partial charge in [0.2, 0.25) is 10.0 Å². The van der Waals surface area contributed by atoms with Gasteiger partial charge in [0, 0.05) is 26.2 Å². The highest BCUT2D eigenvalue weighted by Crippen LogP contribution is 2.24. The van der Waals surface area contributed by atoms with Gasteiger partial charge in [0.15, 0.2) is 0 Å². The summed E-state index contributed by atoms with van der Waals surface area (Å²) >= 11 is 0. The Kier molecular flexibility index (Phi) is 6.29. The smallest absolute Gasteiger partial charge is 0.235 e. The lowest BCUT2D eigenvalue weighted by molar-refractivity contribution is 0.165. The van der Waals surface area contributed by atoms with Crippen molar-refractivity contribution in [3.63, 3.8) is 0 Å². The number of ether oxygens (including phenoxy) is 1. The summed E-state index contributed by atoms with van der Waals surface area (Å²) in [5, 5.41) is 3.53. The standard InChI is InChI=1S/C20H26N2O3S/c1-25-16-19(13-17-7-3-2-4-8-17)21-15-18-9-5-10-20(14-18)22-11-6-12-26(22,23)24/h2-5,7-10,14,19,21H,6,11-13,15-16H2,1H3. The molecule has 3 rings (SSSR count). The third-order valence-corrected chi connectivity index (χ3v) is 6.46. The van der Waals surface area contributed by atoms with E-state index in [-0.39, 0.29) is 11.8 Å². The topological polar surface area (TPSA) is 58.6 Å². The van der Waals surface area contributed by atoms with Crippen LogP contribution in [0.25, 0.3) is 0 Å². The molecule has 1 saturated heterocycles. The van der Waals surface area contributed by atoms with Crippen molar-refractivity contribution in [1.29, 1.82) is 0 Å². The van der Waals surface area contributed by atoms with Crippen LogP contribution < -0.4 is 9.62 Å². The summed E-state index contributed by atoms with van der Waals surface area (Å²) in [4.78, 5) is 0. The van der Waals surface area contributed by atoms with Crippen molar-refractivity contribution in [1.82, 2.24) is 5.32 Å². The Morgan fingerprint density at radius 1 is 1.12 bits per heavy atom. The van der Waals surface area contributed by atoms with Crippen LogP contribution in [0.3, 0.4) is 0 Å². The van der Waals surface area contributed by atoms with Gasteiger partial charge in [-0.15, -0.1) is 0 Å². The van der Waals surface area contributed by atoms with Gasteiger partial charge >= 0.3 is 0 Å². The number of sulfonamides is 1. The molecule has 1 unspecified atom stereocenters. The Morgan fingerprint density at radius 2 is 1.88 bits per heavy atom. The largest absolute Gasteiger partial charge is 0.383 e. The molecule has 1 atom stereocenters. The molecule has 1 aliphatic rings. The molecule has 1 fully saturated rings. The minimum absolute atomic E-state index is 0.196. The van der Waals surface area contributed by atoms with Crippen molar-refractivity contribution in [2.45, 2.75) is 25.4 Å². The second-order valence-electron chi connectivity index (χ2n) is 6.63. The van der Waals surface area contributed by atoms with E-state index in [1.54, 1.807) is 7.11 Å². The molecule has 26 heavy (non-hydrogen) atoms. The van der Waals surface area contributed by atoms with Crippen molar-refractivity contribution in [3.05, 3.63) is 65.7 Å². The van der Waals surface area contributed by atoms with Crippen molar-refractivity contribution in [3.8, 4) is 0 Å². The van der Waals surface area contributed by atoms with Gasteiger partial charge in [-0.1, -0.05) is 42.5 Å². The first-order chi connectivity index (χ1) is 12.6. The molecule has 2 aromatic carbocycles. The van der Waals surface area contributed by atoms with E-state index in [1.165, 1.54) is 9.87 Å². The van der Waals surface area contributed by atoms with E-state index in [2.05, 4.69) is 17.4 Å². The maximum Gasteiger partial charge on any atom is 0.235 e. The highest BCUT2D eigenvalue weighted by atomic mass is 32.2. The highest BCUT2D eigenvalue weighted by Gasteiger charge is 2.28. The fourth-order valence-electron chi connectivity index (χ4n) is 3.30. The number of benzene rings is 2. The SMILES string of the molecule is COCC(Cc1ccccc1)NCc1cccc(N2CCCS2(=O)=O)c1. The summed E-state index contributed by atoms with van der Waals surface area (Å²) in [5.41, 5.74) is 3.09. The molecule has 0 radical (unpaired) electrons. The molecule has 140 valence electrons. The van der Waals surface area contributed by atoms with Gasteiger partial charge in [0.05, 0.1) is 18.0 Å². The lowest BCUT2D eigenvalue weighted by Gasteiger charge is -2.20. The molecule has 1 N–H and O–H groups in total. The molecule has 0 bridgehead atoms. The average Bonchev–Trinajstić information content (AvgIpc) is 3.00. The quantitative estimate of drug-likeness (QED) is 0.772. The lowest BCUT2D eigenvalue weighted by Crippen LogP contribution is -2.34. The molecule has 1 heterocycles. The first kappa shape index (κ1) is 18.9. The summed E-state index contributed by atoms with van der Waals surface area (Å²) in [5.74, 6) is 0.239. The monoisotopic (exact) mass is 374 g/mol. The molecule has 0 spiro atoms. The maximum absolute atomic E-state index is 12.1. The van der Waals surface area contributed by atoms with Gasteiger partial charge in [-0.25, -0.2) is 8.42 Å². The zero-order chi connectivity index (χ0) is 18.4. The molecular formula is C20H26N2O3S. The van der Waals surface area contributed by atoms with Gasteiger partial charge in [-0.2, -0.15) is 0 Å². The average molecular weight is 375 g/mol. The fourth-order valence-corrected chi connectivity index (χ4v) is 4.86.